The van der Waals surface area contributed by atoms with Crippen LogP contribution in [0.25, 0.3) is 11.1 Å². The number of thiophene rings is 1. The maximum atomic E-state index is 13.8. The maximum absolute atomic E-state index is 13.8. The second-order valence-electron chi connectivity index (χ2n) is 4.26. The van der Waals surface area contributed by atoms with Crippen LogP contribution in [-0.4, -0.2) is 11.9 Å². The van der Waals surface area contributed by atoms with Gasteiger partial charge in [-0.05, 0) is 40.1 Å². The monoisotopic (exact) mass is 329 g/mol. The molecular formula is C14H11F4N3S. The lowest BCUT2D eigenvalue weighted by Crippen LogP contribution is -2.29. The Kier molecular flexibility index (Phi) is 4.51. The molecule has 0 aliphatic rings. The van der Waals surface area contributed by atoms with Crippen molar-refractivity contribution in [3.8, 4) is 11.1 Å². The van der Waals surface area contributed by atoms with Crippen LogP contribution in [0.5, 0.6) is 0 Å². The number of alkyl halides is 3. The highest BCUT2D eigenvalue weighted by molar-refractivity contribution is 7.08. The van der Waals surface area contributed by atoms with Gasteiger partial charge < -0.3 is 11.5 Å². The van der Waals surface area contributed by atoms with Crippen molar-refractivity contribution in [1.29, 1.82) is 0 Å². The van der Waals surface area contributed by atoms with Gasteiger partial charge in [0.2, 0.25) is 0 Å². The molecule has 0 aliphatic heterocycles. The molecule has 0 fully saturated rings. The molecule has 0 radical (unpaired) electrons. The summed E-state index contributed by atoms with van der Waals surface area (Å²) in [6.07, 6.45) is -4.27. The first-order valence-electron chi connectivity index (χ1n) is 5.98. The molecule has 2 rings (SSSR count). The van der Waals surface area contributed by atoms with Crippen LogP contribution in [0.2, 0.25) is 0 Å². The summed E-state index contributed by atoms with van der Waals surface area (Å²) in [5, 5.41) is 3.59. The molecule has 0 aliphatic carbocycles. The van der Waals surface area contributed by atoms with E-state index < -0.39 is 29.1 Å². The van der Waals surface area contributed by atoms with Gasteiger partial charge in [-0.15, -0.1) is 0 Å². The first kappa shape index (κ1) is 16.0. The molecule has 0 spiro atoms. The van der Waals surface area contributed by atoms with Gasteiger partial charge in [0.05, 0.1) is 5.70 Å². The predicted octanol–water partition coefficient (Wildman–Crippen LogP) is 3.95. The molecule has 8 heteroatoms. The Morgan fingerprint density at radius 2 is 1.91 bits per heavy atom. The van der Waals surface area contributed by atoms with Crippen LogP contribution in [0.4, 0.5) is 23.2 Å². The Morgan fingerprint density at radius 1 is 1.18 bits per heavy atom. The van der Waals surface area contributed by atoms with E-state index in [0.717, 1.165) is 11.6 Å². The second kappa shape index (κ2) is 6.18. The van der Waals surface area contributed by atoms with Crippen molar-refractivity contribution in [3.05, 3.63) is 52.7 Å². The number of halogens is 4. The normalized spacial score (nSPS) is 13.5. The molecule has 2 aromatic rings. The smallest absolute Gasteiger partial charge is 0.403 e. The van der Waals surface area contributed by atoms with Gasteiger partial charge >= 0.3 is 6.18 Å². The van der Waals surface area contributed by atoms with E-state index in [-0.39, 0.29) is 0 Å². The summed E-state index contributed by atoms with van der Waals surface area (Å²) in [6, 6.07) is 5.52. The molecule has 1 aromatic carbocycles. The summed E-state index contributed by atoms with van der Waals surface area (Å²) in [5.74, 6) is -0.884. The van der Waals surface area contributed by atoms with Crippen LogP contribution in [-0.2, 0) is 0 Å². The van der Waals surface area contributed by atoms with E-state index in [2.05, 4.69) is 4.99 Å². The number of hydrogen-bond donors (Lipinski definition) is 2. The molecule has 0 saturated heterocycles. The molecule has 0 bridgehead atoms. The molecule has 0 saturated carbocycles. The number of nitrogens with zero attached hydrogens (tertiary/aromatic N) is 1. The zero-order chi connectivity index (χ0) is 16.3. The molecule has 3 nitrogen and oxygen atoms in total. The molecular weight excluding hydrogens is 318 g/mol. The minimum atomic E-state index is -4.84. The summed E-state index contributed by atoms with van der Waals surface area (Å²) < 4.78 is 52.5. The number of hydrogen-bond acceptors (Lipinski definition) is 4. The largest absolute Gasteiger partial charge is 0.435 e. The van der Waals surface area contributed by atoms with E-state index in [9.17, 15) is 17.6 Å². The summed E-state index contributed by atoms with van der Waals surface area (Å²) in [6.45, 7) is 0. The van der Waals surface area contributed by atoms with Crippen molar-refractivity contribution >= 4 is 22.7 Å². The minimum absolute atomic E-state index is 0.458. The number of benzene rings is 1. The fourth-order valence-electron chi connectivity index (χ4n) is 1.70. The number of aliphatic imine (C=N–C) groups is 1. The molecule has 0 amide bonds. The quantitative estimate of drug-likeness (QED) is 0.661. The first-order valence-corrected chi connectivity index (χ1v) is 6.93. The van der Waals surface area contributed by atoms with Crippen LogP contribution < -0.4 is 11.5 Å². The van der Waals surface area contributed by atoms with E-state index in [1.165, 1.54) is 23.5 Å². The summed E-state index contributed by atoms with van der Waals surface area (Å²) in [7, 11) is 0. The highest BCUT2D eigenvalue weighted by atomic mass is 32.1. The average Bonchev–Trinajstić information content (AvgIpc) is 2.98. The topological polar surface area (TPSA) is 64.4 Å². The third kappa shape index (κ3) is 3.45. The number of allylic oxidation sites excluding steroid dienone is 1. The Bertz CT molecular complexity index is 718. The fraction of sp³-hybridized carbons (Fsp3) is 0.0714. The molecule has 1 heterocycles. The van der Waals surface area contributed by atoms with Gasteiger partial charge in [-0.1, -0.05) is 6.07 Å². The van der Waals surface area contributed by atoms with Gasteiger partial charge in [-0.25, -0.2) is 9.38 Å². The molecule has 22 heavy (non-hydrogen) atoms. The molecule has 0 unspecified atom stereocenters. The third-order valence-corrected chi connectivity index (χ3v) is 3.44. The van der Waals surface area contributed by atoms with Crippen LogP contribution in [0.1, 0.15) is 0 Å². The van der Waals surface area contributed by atoms with E-state index in [0.29, 0.717) is 11.8 Å². The van der Waals surface area contributed by atoms with Gasteiger partial charge in [-0.2, -0.15) is 24.5 Å². The van der Waals surface area contributed by atoms with Crippen LogP contribution >= 0.6 is 11.3 Å². The van der Waals surface area contributed by atoms with Gasteiger partial charge in [0, 0.05) is 6.20 Å². The molecule has 4 N–H and O–H groups in total. The highest BCUT2D eigenvalue weighted by Gasteiger charge is 2.37. The van der Waals surface area contributed by atoms with Crippen molar-refractivity contribution in [1.82, 2.24) is 0 Å². The van der Waals surface area contributed by atoms with Crippen molar-refractivity contribution < 1.29 is 17.6 Å². The van der Waals surface area contributed by atoms with E-state index >= 15 is 0 Å². The lowest BCUT2D eigenvalue weighted by molar-refractivity contribution is -0.0582. The average molecular weight is 329 g/mol. The van der Waals surface area contributed by atoms with Crippen LogP contribution in [0.15, 0.2) is 51.9 Å². The SMILES string of the molecule is NC=C(N)C(=Nc1cc(-c2ccsc2)ccc1F)C(F)(F)F. The Morgan fingerprint density at radius 3 is 2.45 bits per heavy atom. The van der Waals surface area contributed by atoms with Gasteiger partial charge in [-0.3, -0.25) is 0 Å². The molecule has 1 aromatic heterocycles. The predicted molar refractivity (Wildman–Crippen MR) is 79.3 cm³/mol. The van der Waals surface area contributed by atoms with E-state index in [1.54, 1.807) is 16.8 Å². The van der Waals surface area contributed by atoms with E-state index in [4.69, 9.17) is 11.5 Å². The van der Waals surface area contributed by atoms with Gasteiger partial charge in [0.25, 0.3) is 0 Å². The van der Waals surface area contributed by atoms with Crippen molar-refractivity contribution in [3.63, 3.8) is 0 Å². The Labute approximate surface area is 127 Å². The lowest BCUT2D eigenvalue weighted by Gasteiger charge is -2.11. The number of nitrogens with two attached hydrogens (primary N) is 2. The molecule has 116 valence electrons. The Balaban J connectivity index is 2.55. The van der Waals surface area contributed by atoms with E-state index in [1.807, 2.05) is 0 Å². The van der Waals surface area contributed by atoms with Crippen molar-refractivity contribution in [2.75, 3.05) is 0 Å². The lowest BCUT2D eigenvalue weighted by atomic mass is 10.1. The summed E-state index contributed by atoms with van der Waals surface area (Å²) in [4.78, 5) is 3.32. The zero-order valence-electron chi connectivity index (χ0n) is 11.1. The standard InChI is InChI=1S/C14H11F4N3S/c15-10-2-1-8(9-3-4-22-7-9)5-12(10)21-13(11(20)6-19)14(16,17)18/h1-7H,19-20H2. The van der Waals surface area contributed by atoms with Crippen LogP contribution in [0, 0.1) is 5.82 Å². The maximum Gasteiger partial charge on any atom is 0.435 e. The van der Waals surface area contributed by atoms with Crippen molar-refractivity contribution in [2.24, 2.45) is 16.5 Å². The van der Waals surface area contributed by atoms with Gasteiger partial charge in [0.1, 0.15) is 11.5 Å². The third-order valence-electron chi connectivity index (χ3n) is 2.75. The Hall–Kier alpha value is -2.35. The first-order chi connectivity index (χ1) is 10.3. The summed E-state index contributed by atoms with van der Waals surface area (Å²) in [5.41, 5.74) is 8.86. The zero-order valence-corrected chi connectivity index (χ0v) is 11.9. The fourth-order valence-corrected chi connectivity index (χ4v) is 2.36. The minimum Gasteiger partial charge on any atom is -0.403 e. The van der Waals surface area contributed by atoms with Crippen molar-refractivity contribution in [2.45, 2.75) is 6.18 Å². The second-order valence-corrected chi connectivity index (χ2v) is 5.04. The highest BCUT2D eigenvalue weighted by Crippen LogP contribution is 2.30. The van der Waals surface area contributed by atoms with Gasteiger partial charge in [0.15, 0.2) is 5.71 Å². The van der Waals surface area contributed by atoms with Crippen LogP contribution in [0.3, 0.4) is 0 Å². The summed E-state index contributed by atoms with van der Waals surface area (Å²) >= 11 is 1.42. The molecule has 0 atom stereocenters. The number of rotatable bonds is 3.